The minimum absolute atomic E-state index is 0.602. The topological polar surface area (TPSA) is 37.4 Å². The molecule has 4 heteroatoms. The molecule has 0 aromatic carbocycles. The first-order chi connectivity index (χ1) is 9.17. The third-order valence-electron chi connectivity index (χ3n) is 3.74. The van der Waals surface area contributed by atoms with Crippen LogP contribution in [0.5, 0.6) is 5.88 Å². The molecule has 1 aliphatic heterocycles. The summed E-state index contributed by atoms with van der Waals surface area (Å²) in [6.07, 6.45) is 4.23. The number of methoxy groups -OCH3 is 1. The van der Waals surface area contributed by atoms with Gasteiger partial charge in [0.05, 0.1) is 7.11 Å². The van der Waals surface area contributed by atoms with E-state index in [0.29, 0.717) is 18.0 Å². The van der Waals surface area contributed by atoms with Crippen LogP contribution in [0.15, 0.2) is 18.3 Å². The lowest BCUT2D eigenvalue weighted by atomic mass is 10.1. The Labute approximate surface area is 116 Å². The van der Waals surface area contributed by atoms with Crippen LogP contribution in [0.4, 0.5) is 0 Å². The van der Waals surface area contributed by atoms with Crippen molar-refractivity contribution < 1.29 is 4.74 Å². The Morgan fingerprint density at radius 2 is 2.00 bits per heavy atom. The average Bonchev–Trinajstić information content (AvgIpc) is 2.40. The largest absolute Gasteiger partial charge is 0.481 e. The predicted molar refractivity (Wildman–Crippen MR) is 77.4 cm³/mol. The molecule has 2 heterocycles. The van der Waals surface area contributed by atoms with E-state index in [-0.39, 0.29) is 0 Å². The predicted octanol–water partition coefficient (Wildman–Crippen LogP) is 2.05. The van der Waals surface area contributed by atoms with Crippen molar-refractivity contribution in [1.82, 2.24) is 15.2 Å². The van der Waals surface area contributed by atoms with Crippen molar-refractivity contribution in [2.45, 2.75) is 45.3 Å². The van der Waals surface area contributed by atoms with Gasteiger partial charge in [0.2, 0.25) is 5.88 Å². The van der Waals surface area contributed by atoms with E-state index in [4.69, 9.17) is 4.74 Å². The molecule has 2 atom stereocenters. The van der Waals surface area contributed by atoms with Crippen LogP contribution in [-0.4, -0.2) is 42.2 Å². The number of rotatable bonds is 3. The molecule has 19 heavy (non-hydrogen) atoms. The first-order valence-electron chi connectivity index (χ1n) is 7.14. The molecule has 1 saturated heterocycles. The molecule has 0 bridgehead atoms. The molecule has 2 unspecified atom stereocenters. The molecule has 4 nitrogen and oxygen atoms in total. The van der Waals surface area contributed by atoms with Gasteiger partial charge in [-0.2, -0.15) is 0 Å². The number of nitrogens with zero attached hydrogens (tertiary/aromatic N) is 2. The number of hydrogen-bond donors (Lipinski definition) is 1. The first kappa shape index (κ1) is 14.3. The van der Waals surface area contributed by atoms with E-state index in [9.17, 15) is 0 Å². The SMILES string of the molecule is COc1cc(CN2CCC(C)NC(C)CC2)ccn1. The van der Waals surface area contributed by atoms with Crippen LogP contribution in [0.25, 0.3) is 0 Å². The van der Waals surface area contributed by atoms with Crippen molar-refractivity contribution in [3.05, 3.63) is 23.9 Å². The number of aromatic nitrogens is 1. The zero-order valence-corrected chi connectivity index (χ0v) is 12.2. The Bertz CT molecular complexity index is 385. The Kier molecular flexibility index (Phi) is 5.16. The monoisotopic (exact) mass is 263 g/mol. The highest BCUT2D eigenvalue weighted by Gasteiger charge is 2.16. The van der Waals surface area contributed by atoms with Gasteiger partial charge >= 0.3 is 0 Å². The maximum atomic E-state index is 5.18. The van der Waals surface area contributed by atoms with Gasteiger partial charge in [0, 0.05) is 30.9 Å². The quantitative estimate of drug-likeness (QED) is 0.905. The minimum atomic E-state index is 0.602. The molecule has 1 aliphatic rings. The van der Waals surface area contributed by atoms with Crippen LogP contribution >= 0.6 is 0 Å². The van der Waals surface area contributed by atoms with Crippen LogP contribution in [0, 0.1) is 0 Å². The van der Waals surface area contributed by atoms with Gasteiger partial charge in [-0.15, -0.1) is 0 Å². The molecular weight excluding hydrogens is 238 g/mol. The van der Waals surface area contributed by atoms with E-state index in [1.54, 1.807) is 7.11 Å². The summed E-state index contributed by atoms with van der Waals surface area (Å²) in [4.78, 5) is 6.69. The summed E-state index contributed by atoms with van der Waals surface area (Å²) in [5.41, 5.74) is 1.28. The maximum Gasteiger partial charge on any atom is 0.213 e. The second-order valence-corrected chi connectivity index (χ2v) is 5.53. The van der Waals surface area contributed by atoms with Gasteiger partial charge in [0.25, 0.3) is 0 Å². The van der Waals surface area contributed by atoms with E-state index in [2.05, 4.69) is 35.1 Å². The van der Waals surface area contributed by atoms with E-state index < -0.39 is 0 Å². The Balaban J connectivity index is 1.96. The van der Waals surface area contributed by atoms with Crippen molar-refractivity contribution in [2.75, 3.05) is 20.2 Å². The average molecular weight is 263 g/mol. The zero-order chi connectivity index (χ0) is 13.7. The second kappa shape index (κ2) is 6.87. The van der Waals surface area contributed by atoms with Crippen LogP contribution in [0.1, 0.15) is 32.3 Å². The summed E-state index contributed by atoms with van der Waals surface area (Å²) in [7, 11) is 1.66. The smallest absolute Gasteiger partial charge is 0.213 e. The molecular formula is C15H25N3O. The van der Waals surface area contributed by atoms with Crippen LogP contribution < -0.4 is 10.1 Å². The molecule has 1 aromatic rings. The third kappa shape index (κ3) is 4.48. The molecule has 0 amide bonds. The van der Waals surface area contributed by atoms with E-state index in [0.717, 1.165) is 19.6 Å². The van der Waals surface area contributed by atoms with E-state index in [1.807, 2.05) is 12.3 Å². The fourth-order valence-corrected chi connectivity index (χ4v) is 2.59. The van der Waals surface area contributed by atoms with Crippen molar-refractivity contribution >= 4 is 0 Å². The lowest BCUT2D eigenvalue weighted by Gasteiger charge is -2.30. The van der Waals surface area contributed by atoms with E-state index in [1.165, 1.54) is 18.4 Å². The summed E-state index contributed by atoms with van der Waals surface area (Å²) >= 11 is 0. The van der Waals surface area contributed by atoms with Gasteiger partial charge in [-0.25, -0.2) is 4.98 Å². The summed E-state index contributed by atoms with van der Waals surface area (Å²) in [6, 6.07) is 5.31. The Hall–Kier alpha value is -1.13. The minimum Gasteiger partial charge on any atom is -0.481 e. The van der Waals surface area contributed by atoms with Crippen molar-refractivity contribution in [3.63, 3.8) is 0 Å². The van der Waals surface area contributed by atoms with Gasteiger partial charge in [-0.3, -0.25) is 4.90 Å². The highest BCUT2D eigenvalue weighted by atomic mass is 16.5. The highest BCUT2D eigenvalue weighted by Crippen LogP contribution is 2.14. The molecule has 0 saturated carbocycles. The van der Waals surface area contributed by atoms with Gasteiger partial charge in [0.15, 0.2) is 0 Å². The molecule has 106 valence electrons. The van der Waals surface area contributed by atoms with E-state index >= 15 is 0 Å². The summed E-state index contributed by atoms with van der Waals surface area (Å²) < 4.78 is 5.18. The maximum absolute atomic E-state index is 5.18. The van der Waals surface area contributed by atoms with Crippen LogP contribution in [0.2, 0.25) is 0 Å². The molecule has 1 aromatic heterocycles. The van der Waals surface area contributed by atoms with Crippen molar-refractivity contribution in [2.24, 2.45) is 0 Å². The van der Waals surface area contributed by atoms with Gasteiger partial charge in [0.1, 0.15) is 0 Å². The van der Waals surface area contributed by atoms with Gasteiger partial charge in [-0.1, -0.05) is 0 Å². The standard InChI is InChI=1S/C15H25N3O/c1-12-5-8-18(9-6-13(2)17-12)11-14-4-7-16-15(10-14)19-3/h4,7,10,12-13,17H,5-6,8-9,11H2,1-3H3. The third-order valence-corrected chi connectivity index (χ3v) is 3.74. The Morgan fingerprint density at radius 3 is 2.63 bits per heavy atom. The van der Waals surface area contributed by atoms with Crippen LogP contribution in [0.3, 0.4) is 0 Å². The molecule has 1 N–H and O–H groups in total. The molecule has 0 radical (unpaired) electrons. The fraction of sp³-hybridized carbons (Fsp3) is 0.667. The lowest BCUT2D eigenvalue weighted by molar-refractivity contribution is 0.211. The van der Waals surface area contributed by atoms with Crippen molar-refractivity contribution in [1.29, 1.82) is 0 Å². The normalized spacial score (nSPS) is 25.6. The molecule has 1 fully saturated rings. The number of pyridine rings is 1. The lowest BCUT2D eigenvalue weighted by Crippen LogP contribution is -2.42. The van der Waals surface area contributed by atoms with Crippen LogP contribution in [-0.2, 0) is 6.54 Å². The number of nitrogens with one attached hydrogen (secondary N) is 1. The molecule has 0 spiro atoms. The first-order valence-corrected chi connectivity index (χ1v) is 7.14. The number of hydrogen-bond acceptors (Lipinski definition) is 4. The number of ether oxygens (including phenoxy) is 1. The summed E-state index contributed by atoms with van der Waals surface area (Å²) in [6.45, 7) is 7.82. The zero-order valence-electron chi connectivity index (χ0n) is 12.2. The second-order valence-electron chi connectivity index (χ2n) is 5.53. The molecule has 2 rings (SSSR count). The fourth-order valence-electron chi connectivity index (χ4n) is 2.59. The van der Waals surface area contributed by atoms with Gasteiger partial charge < -0.3 is 10.1 Å². The summed E-state index contributed by atoms with van der Waals surface area (Å²) in [5.74, 6) is 0.702. The van der Waals surface area contributed by atoms with Crippen molar-refractivity contribution in [3.8, 4) is 5.88 Å². The molecule has 0 aliphatic carbocycles. The van der Waals surface area contributed by atoms with Gasteiger partial charge in [-0.05, 0) is 51.4 Å². The highest BCUT2D eigenvalue weighted by molar-refractivity contribution is 5.20. The Morgan fingerprint density at radius 1 is 1.32 bits per heavy atom. The summed E-state index contributed by atoms with van der Waals surface area (Å²) in [5, 5.41) is 3.63.